The summed E-state index contributed by atoms with van der Waals surface area (Å²) in [5, 5.41) is 0. The summed E-state index contributed by atoms with van der Waals surface area (Å²) in [6.07, 6.45) is 0. The summed E-state index contributed by atoms with van der Waals surface area (Å²) >= 11 is 5.90. The van der Waals surface area contributed by atoms with E-state index in [0.717, 1.165) is 11.3 Å². The number of hydrogen-bond donors (Lipinski definition) is 0. The predicted molar refractivity (Wildman–Crippen MR) is 75.1 cm³/mol. The van der Waals surface area contributed by atoms with Gasteiger partial charge in [-0.15, -0.1) is 11.6 Å². The molecule has 0 saturated carbocycles. The maximum absolute atomic E-state index is 14.1. The van der Waals surface area contributed by atoms with E-state index < -0.39 is 0 Å². The van der Waals surface area contributed by atoms with Gasteiger partial charge >= 0.3 is 0 Å². The molecule has 3 heteroatoms. The maximum Gasteiger partial charge on any atom is 0.147 e. The van der Waals surface area contributed by atoms with Crippen LogP contribution in [0.1, 0.15) is 12.5 Å². The van der Waals surface area contributed by atoms with Gasteiger partial charge in [-0.25, -0.2) is 4.39 Å². The topological polar surface area (TPSA) is 3.24 Å². The van der Waals surface area contributed by atoms with Crippen molar-refractivity contribution in [2.45, 2.75) is 12.8 Å². The van der Waals surface area contributed by atoms with Crippen LogP contribution in [0, 0.1) is 5.82 Å². The Balaban J connectivity index is 2.52. The van der Waals surface area contributed by atoms with Gasteiger partial charge in [0.2, 0.25) is 0 Å². The van der Waals surface area contributed by atoms with Gasteiger partial charge in [0.15, 0.2) is 0 Å². The summed E-state index contributed by atoms with van der Waals surface area (Å²) in [5.74, 6) is 0.0648. The number of anilines is 2. The lowest BCUT2D eigenvalue weighted by molar-refractivity contribution is 0.624. The van der Waals surface area contributed by atoms with Crippen LogP contribution in [0.3, 0.4) is 0 Å². The third-order valence-electron chi connectivity index (χ3n) is 2.87. The number of halogens is 2. The zero-order chi connectivity index (χ0) is 13.0. The minimum absolute atomic E-state index is 0.237. The van der Waals surface area contributed by atoms with Crippen molar-refractivity contribution in [2.75, 3.05) is 11.4 Å². The normalized spacial score (nSPS) is 10.4. The third-order valence-corrected chi connectivity index (χ3v) is 3.16. The van der Waals surface area contributed by atoms with Crippen LogP contribution >= 0.6 is 11.6 Å². The van der Waals surface area contributed by atoms with Gasteiger partial charge < -0.3 is 4.90 Å². The molecule has 2 aromatic rings. The summed E-state index contributed by atoms with van der Waals surface area (Å²) in [6.45, 7) is 2.69. The van der Waals surface area contributed by atoms with E-state index in [0.29, 0.717) is 18.1 Å². The van der Waals surface area contributed by atoms with E-state index in [9.17, 15) is 4.39 Å². The molecule has 0 unspecified atom stereocenters. The zero-order valence-electron chi connectivity index (χ0n) is 10.2. The predicted octanol–water partition coefficient (Wildman–Crippen LogP) is 4.72. The number of hydrogen-bond acceptors (Lipinski definition) is 1. The Kier molecular flexibility index (Phi) is 4.21. The highest BCUT2D eigenvalue weighted by Crippen LogP contribution is 2.31. The first-order chi connectivity index (χ1) is 8.77. The molecule has 0 radical (unpaired) electrons. The van der Waals surface area contributed by atoms with Gasteiger partial charge in [-0.3, -0.25) is 0 Å². The molecule has 0 aliphatic heterocycles. The molecule has 0 aromatic heterocycles. The van der Waals surface area contributed by atoms with Crippen LogP contribution in [0.2, 0.25) is 0 Å². The summed E-state index contributed by atoms with van der Waals surface area (Å²) < 4.78 is 14.1. The molecule has 0 saturated heterocycles. The lowest BCUT2D eigenvalue weighted by Crippen LogP contribution is -2.18. The minimum atomic E-state index is -0.237. The van der Waals surface area contributed by atoms with Crippen LogP contribution in [-0.2, 0) is 5.88 Å². The van der Waals surface area contributed by atoms with Gasteiger partial charge in [-0.1, -0.05) is 30.3 Å². The molecule has 0 amide bonds. The average Bonchev–Trinajstić information content (AvgIpc) is 2.42. The Morgan fingerprint density at radius 1 is 1.06 bits per heavy atom. The molecule has 94 valence electrons. The highest BCUT2D eigenvalue weighted by molar-refractivity contribution is 6.17. The van der Waals surface area contributed by atoms with Gasteiger partial charge in [0.25, 0.3) is 0 Å². The van der Waals surface area contributed by atoms with Crippen LogP contribution in [-0.4, -0.2) is 6.54 Å². The second kappa shape index (κ2) is 5.87. The van der Waals surface area contributed by atoms with Crippen LogP contribution in [0.15, 0.2) is 48.5 Å². The van der Waals surface area contributed by atoms with Crippen LogP contribution in [0.4, 0.5) is 15.8 Å². The Morgan fingerprint density at radius 3 is 2.39 bits per heavy atom. The molecular formula is C15H15ClFN. The van der Waals surface area contributed by atoms with Crippen molar-refractivity contribution in [3.63, 3.8) is 0 Å². The first kappa shape index (κ1) is 12.9. The van der Waals surface area contributed by atoms with Gasteiger partial charge in [0.1, 0.15) is 5.82 Å². The molecule has 0 atom stereocenters. The highest BCUT2D eigenvalue weighted by Gasteiger charge is 2.15. The van der Waals surface area contributed by atoms with Crippen molar-refractivity contribution in [3.8, 4) is 0 Å². The standard InChI is InChI=1S/C15H15ClFN/c1-2-18(13-8-4-3-5-9-13)15-12(11-16)7-6-10-14(15)17/h3-10H,2,11H2,1H3. The fourth-order valence-electron chi connectivity index (χ4n) is 2.05. The Bertz CT molecular complexity index is 513. The number of benzene rings is 2. The van der Waals surface area contributed by atoms with Gasteiger partial charge in [0, 0.05) is 18.1 Å². The molecule has 2 rings (SSSR count). The third kappa shape index (κ3) is 2.49. The summed E-state index contributed by atoms with van der Waals surface area (Å²) in [4.78, 5) is 1.94. The van der Waals surface area contributed by atoms with Crippen molar-refractivity contribution in [1.29, 1.82) is 0 Å². The maximum atomic E-state index is 14.1. The van der Waals surface area contributed by atoms with Gasteiger partial charge in [-0.2, -0.15) is 0 Å². The van der Waals surface area contributed by atoms with E-state index in [2.05, 4.69) is 0 Å². The molecule has 0 spiro atoms. The molecule has 0 bridgehead atoms. The van der Waals surface area contributed by atoms with Crippen molar-refractivity contribution in [1.82, 2.24) is 0 Å². The second-order valence-corrected chi connectivity index (χ2v) is 4.23. The van der Waals surface area contributed by atoms with E-state index in [1.807, 2.05) is 48.2 Å². The minimum Gasteiger partial charge on any atom is -0.339 e. The van der Waals surface area contributed by atoms with E-state index >= 15 is 0 Å². The van der Waals surface area contributed by atoms with Gasteiger partial charge in [0.05, 0.1) is 5.69 Å². The SMILES string of the molecule is CCN(c1ccccc1)c1c(F)cccc1CCl. The molecule has 0 heterocycles. The number of para-hydroxylation sites is 2. The van der Waals surface area contributed by atoms with E-state index in [1.54, 1.807) is 6.07 Å². The second-order valence-electron chi connectivity index (χ2n) is 3.96. The Morgan fingerprint density at radius 2 is 1.78 bits per heavy atom. The summed E-state index contributed by atoms with van der Waals surface area (Å²) in [7, 11) is 0. The lowest BCUT2D eigenvalue weighted by atomic mass is 10.1. The smallest absolute Gasteiger partial charge is 0.147 e. The number of rotatable bonds is 4. The first-order valence-electron chi connectivity index (χ1n) is 5.94. The molecule has 0 aliphatic rings. The molecular weight excluding hydrogens is 249 g/mol. The lowest BCUT2D eigenvalue weighted by Gasteiger charge is -2.25. The molecule has 1 nitrogen and oxygen atoms in total. The average molecular weight is 264 g/mol. The molecule has 18 heavy (non-hydrogen) atoms. The van der Waals surface area contributed by atoms with E-state index in [1.165, 1.54) is 6.07 Å². The highest BCUT2D eigenvalue weighted by atomic mass is 35.5. The van der Waals surface area contributed by atoms with Crippen molar-refractivity contribution in [3.05, 3.63) is 59.9 Å². The summed E-state index contributed by atoms with van der Waals surface area (Å²) in [5.41, 5.74) is 2.35. The molecule has 0 aliphatic carbocycles. The number of alkyl halides is 1. The largest absolute Gasteiger partial charge is 0.339 e. The van der Waals surface area contributed by atoms with Crippen molar-refractivity contribution in [2.24, 2.45) is 0 Å². The van der Waals surface area contributed by atoms with E-state index in [-0.39, 0.29) is 5.82 Å². The quantitative estimate of drug-likeness (QED) is 0.722. The van der Waals surface area contributed by atoms with Crippen LogP contribution in [0.5, 0.6) is 0 Å². The summed E-state index contributed by atoms with van der Waals surface area (Å²) in [6, 6.07) is 14.8. The van der Waals surface area contributed by atoms with Crippen LogP contribution < -0.4 is 4.90 Å². The zero-order valence-corrected chi connectivity index (χ0v) is 11.0. The monoisotopic (exact) mass is 263 g/mol. The van der Waals surface area contributed by atoms with Crippen LogP contribution in [0.25, 0.3) is 0 Å². The van der Waals surface area contributed by atoms with E-state index in [4.69, 9.17) is 11.6 Å². The van der Waals surface area contributed by atoms with Crippen molar-refractivity contribution >= 4 is 23.0 Å². The van der Waals surface area contributed by atoms with Gasteiger partial charge in [-0.05, 0) is 30.7 Å². The first-order valence-corrected chi connectivity index (χ1v) is 6.47. The Hall–Kier alpha value is -1.54. The van der Waals surface area contributed by atoms with Crippen molar-refractivity contribution < 1.29 is 4.39 Å². The fourth-order valence-corrected chi connectivity index (χ4v) is 2.26. The molecule has 2 aromatic carbocycles. The fraction of sp³-hybridized carbons (Fsp3) is 0.200. The Labute approximate surface area is 112 Å². The molecule has 0 N–H and O–H groups in total. The molecule has 0 fully saturated rings. The number of nitrogens with zero attached hydrogens (tertiary/aromatic N) is 1.